The lowest BCUT2D eigenvalue weighted by Gasteiger charge is -2.15. The number of hydrogen-bond donors (Lipinski definition) is 0. The zero-order valence-electron chi connectivity index (χ0n) is 7.56. The minimum Gasteiger partial charge on any atom is -0.469 e. The summed E-state index contributed by atoms with van der Waals surface area (Å²) in [5, 5.41) is 0. The predicted molar refractivity (Wildman–Crippen MR) is 48.3 cm³/mol. The Morgan fingerprint density at radius 1 is 1.44 bits per heavy atom. The first-order chi connectivity index (χ1) is 7.33. The molecule has 1 heterocycles. The number of hydrogen-bond acceptors (Lipinski definition) is 2. The van der Waals surface area contributed by atoms with Gasteiger partial charge in [-0.15, -0.1) is 0 Å². The molecule has 0 radical (unpaired) electrons. The lowest BCUT2D eigenvalue weighted by molar-refractivity contribution is -0.149. The van der Waals surface area contributed by atoms with Crippen LogP contribution in [0.5, 0.6) is 5.88 Å². The van der Waals surface area contributed by atoms with Crippen LogP contribution in [0, 0.1) is 5.82 Å². The first-order valence-corrected chi connectivity index (χ1v) is 4.72. The van der Waals surface area contributed by atoms with Gasteiger partial charge in [-0.2, -0.15) is 8.78 Å². The molecule has 0 saturated carbocycles. The summed E-state index contributed by atoms with van der Waals surface area (Å²) in [6.07, 6.45) is -2.77. The zero-order valence-corrected chi connectivity index (χ0v) is 9.15. The van der Waals surface area contributed by atoms with E-state index >= 15 is 0 Å². The number of rotatable bonds is 4. The number of halogens is 6. The van der Waals surface area contributed by atoms with Crippen molar-refractivity contribution in [3.8, 4) is 5.88 Å². The van der Waals surface area contributed by atoms with E-state index in [1.807, 2.05) is 0 Å². The van der Waals surface area contributed by atoms with E-state index in [0.717, 1.165) is 12.3 Å². The Kier molecular flexibility index (Phi) is 4.06. The van der Waals surface area contributed by atoms with Crippen LogP contribution < -0.4 is 4.74 Å². The summed E-state index contributed by atoms with van der Waals surface area (Å²) < 4.78 is 65.7. The van der Waals surface area contributed by atoms with Crippen LogP contribution in [0.3, 0.4) is 0 Å². The van der Waals surface area contributed by atoms with Gasteiger partial charge in [-0.25, -0.2) is 18.2 Å². The molecule has 16 heavy (non-hydrogen) atoms. The maximum absolute atomic E-state index is 13.0. The van der Waals surface area contributed by atoms with Gasteiger partial charge in [-0.3, -0.25) is 0 Å². The summed E-state index contributed by atoms with van der Waals surface area (Å²) >= 11 is 2.88. The lowest BCUT2D eigenvalue weighted by atomic mass is 10.4. The van der Waals surface area contributed by atoms with Crippen molar-refractivity contribution < 1.29 is 26.7 Å². The third-order valence-electron chi connectivity index (χ3n) is 1.49. The van der Waals surface area contributed by atoms with Gasteiger partial charge < -0.3 is 4.74 Å². The Balaban J connectivity index is 2.68. The quantitative estimate of drug-likeness (QED) is 0.797. The first-order valence-electron chi connectivity index (χ1n) is 3.93. The van der Waals surface area contributed by atoms with Crippen molar-refractivity contribution in [2.45, 2.75) is 12.3 Å². The van der Waals surface area contributed by atoms with Crippen LogP contribution >= 0.6 is 15.9 Å². The SMILES string of the molecule is Fc1cc(Br)cnc1OCC(F)(F)C(F)F. The molecule has 0 spiro atoms. The molecule has 0 aromatic carbocycles. The van der Waals surface area contributed by atoms with Gasteiger partial charge in [-0.05, 0) is 22.0 Å². The second-order valence-corrected chi connectivity index (χ2v) is 3.71. The van der Waals surface area contributed by atoms with Crippen molar-refractivity contribution in [1.82, 2.24) is 4.98 Å². The average molecular weight is 306 g/mol. The Morgan fingerprint density at radius 3 is 2.56 bits per heavy atom. The van der Waals surface area contributed by atoms with E-state index in [1.54, 1.807) is 0 Å². The van der Waals surface area contributed by atoms with Gasteiger partial charge in [0.1, 0.15) is 0 Å². The van der Waals surface area contributed by atoms with Gasteiger partial charge in [-0.1, -0.05) is 0 Å². The summed E-state index contributed by atoms with van der Waals surface area (Å²) in [4.78, 5) is 3.32. The van der Waals surface area contributed by atoms with Crippen molar-refractivity contribution in [1.29, 1.82) is 0 Å². The Bertz CT molecular complexity index is 373. The highest BCUT2D eigenvalue weighted by Crippen LogP contribution is 2.25. The van der Waals surface area contributed by atoms with Crippen LogP contribution in [0.4, 0.5) is 22.0 Å². The standard InChI is InChI=1S/C8H5BrF5NO/c9-4-1-5(10)6(15-2-4)16-3-8(13,14)7(11)12/h1-2,7H,3H2. The summed E-state index contributed by atoms with van der Waals surface area (Å²) in [6.45, 7) is -1.63. The number of pyridine rings is 1. The normalized spacial score (nSPS) is 11.9. The average Bonchev–Trinajstić information content (AvgIpc) is 2.16. The largest absolute Gasteiger partial charge is 0.469 e. The van der Waals surface area contributed by atoms with Crippen LogP contribution in [0.25, 0.3) is 0 Å². The topological polar surface area (TPSA) is 22.1 Å². The molecular formula is C8H5BrF5NO. The second-order valence-electron chi connectivity index (χ2n) is 2.79. The molecular weight excluding hydrogens is 301 g/mol. The van der Waals surface area contributed by atoms with Crippen molar-refractivity contribution in [3.63, 3.8) is 0 Å². The molecule has 1 aromatic heterocycles. The Hall–Kier alpha value is -0.920. The van der Waals surface area contributed by atoms with Crippen LogP contribution in [0.2, 0.25) is 0 Å². The predicted octanol–water partition coefficient (Wildman–Crippen LogP) is 3.26. The summed E-state index contributed by atoms with van der Waals surface area (Å²) in [7, 11) is 0. The van der Waals surface area contributed by atoms with Crippen molar-refractivity contribution in [3.05, 3.63) is 22.6 Å². The first kappa shape index (κ1) is 13.1. The second kappa shape index (κ2) is 4.94. The highest BCUT2D eigenvalue weighted by Gasteiger charge is 2.42. The van der Waals surface area contributed by atoms with Crippen molar-refractivity contribution in [2.24, 2.45) is 0 Å². The molecule has 0 bridgehead atoms. The van der Waals surface area contributed by atoms with E-state index in [0.29, 0.717) is 0 Å². The fourth-order valence-electron chi connectivity index (χ4n) is 0.736. The molecule has 8 heteroatoms. The molecule has 0 N–H and O–H groups in total. The summed E-state index contributed by atoms with van der Waals surface area (Å²) in [5.41, 5.74) is 0. The third-order valence-corrected chi connectivity index (χ3v) is 1.93. The molecule has 1 aromatic rings. The fourth-order valence-corrected chi connectivity index (χ4v) is 1.04. The monoisotopic (exact) mass is 305 g/mol. The van der Waals surface area contributed by atoms with Crippen molar-refractivity contribution in [2.75, 3.05) is 6.61 Å². The molecule has 0 saturated heterocycles. The van der Waals surface area contributed by atoms with Crippen LogP contribution in [-0.4, -0.2) is 23.9 Å². The molecule has 2 nitrogen and oxygen atoms in total. The Labute approximate surface area is 95.6 Å². The van der Waals surface area contributed by atoms with Gasteiger partial charge in [0.2, 0.25) is 0 Å². The summed E-state index contributed by atoms with van der Waals surface area (Å²) in [6, 6.07) is 0.919. The molecule has 0 fully saturated rings. The minimum atomic E-state index is -4.33. The summed E-state index contributed by atoms with van der Waals surface area (Å²) in [5.74, 6) is -6.09. The van der Waals surface area contributed by atoms with E-state index in [1.165, 1.54) is 0 Å². The highest BCUT2D eigenvalue weighted by molar-refractivity contribution is 9.10. The van der Waals surface area contributed by atoms with Crippen LogP contribution in [-0.2, 0) is 0 Å². The Morgan fingerprint density at radius 2 is 2.06 bits per heavy atom. The molecule has 0 unspecified atom stereocenters. The van der Waals surface area contributed by atoms with Gasteiger partial charge in [0.25, 0.3) is 5.88 Å². The van der Waals surface area contributed by atoms with Crippen molar-refractivity contribution >= 4 is 15.9 Å². The molecule has 90 valence electrons. The molecule has 0 amide bonds. The number of ether oxygens (including phenoxy) is 1. The maximum Gasteiger partial charge on any atom is 0.340 e. The van der Waals surface area contributed by atoms with Gasteiger partial charge in [0.15, 0.2) is 12.4 Å². The van der Waals surface area contributed by atoms with E-state index < -0.39 is 30.7 Å². The smallest absolute Gasteiger partial charge is 0.340 e. The minimum absolute atomic E-state index is 0.276. The van der Waals surface area contributed by atoms with Gasteiger partial charge in [0, 0.05) is 10.7 Å². The fraction of sp³-hybridized carbons (Fsp3) is 0.375. The van der Waals surface area contributed by atoms with Gasteiger partial charge >= 0.3 is 12.3 Å². The van der Waals surface area contributed by atoms with E-state index in [2.05, 4.69) is 25.7 Å². The molecule has 0 atom stereocenters. The van der Waals surface area contributed by atoms with E-state index in [4.69, 9.17) is 0 Å². The highest BCUT2D eigenvalue weighted by atomic mass is 79.9. The lowest BCUT2D eigenvalue weighted by Crippen LogP contribution is -2.34. The van der Waals surface area contributed by atoms with Crippen LogP contribution in [0.15, 0.2) is 16.7 Å². The zero-order chi connectivity index (χ0) is 12.3. The third kappa shape index (κ3) is 3.29. The molecule has 0 aliphatic heterocycles. The van der Waals surface area contributed by atoms with E-state index in [9.17, 15) is 22.0 Å². The number of nitrogens with zero attached hydrogens (tertiary/aromatic N) is 1. The molecule has 1 rings (SSSR count). The number of aromatic nitrogens is 1. The van der Waals surface area contributed by atoms with Crippen LogP contribution in [0.1, 0.15) is 0 Å². The molecule has 0 aliphatic carbocycles. The number of alkyl halides is 4. The van der Waals surface area contributed by atoms with E-state index in [-0.39, 0.29) is 4.47 Å². The maximum atomic E-state index is 13.0. The van der Waals surface area contributed by atoms with Gasteiger partial charge in [0.05, 0.1) is 0 Å². The molecule has 0 aliphatic rings.